The number of hydrogen-bond acceptors (Lipinski definition) is 8. The van der Waals surface area contributed by atoms with Gasteiger partial charge < -0.3 is 14.2 Å². The Labute approximate surface area is 194 Å². The lowest BCUT2D eigenvalue weighted by Crippen LogP contribution is -2.39. The van der Waals surface area contributed by atoms with Gasteiger partial charge in [0.05, 0.1) is 42.7 Å². The minimum absolute atomic E-state index is 0.209. The second-order valence-electron chi connectivity index (χ2n) is 7.20. The molecule has 0 radical (unpaired) electrons. The van der Waals surface area contributed by atoms with Crippen LogP contribution in [0.4, 0.5) is 0 Å². The lowest BCUT2D eigenvalue weighted by atomic mass is 9.95. The van der Waals surface area contributed by atoms with Crippen LogP contribution < -0.4 is 24.4 Å². The molecule has 170 valence electrons. The lowest BCUT2D eigenvalue weighted by molar-refractivity contribution is -0.139. The van der Waals surface area contributed by atoms with Crippen LogP contribution in [0.1, 0.15) is 31.0 Å². The van der Waals surface area contributed by atoms with Crippen LogP contribution in [-0.4, -0.2) is 36.3 Å². The van der Waals surface area contributed by atoms with Crippen molar-refractivity contribution in [1.82, 2.24) is 9.55 Å². The van der Waals surface area contributed by atoms with Crippen molar-refractivity contribution in [3.8, 4) is 11.5 Å². The zero-order valence-electron chi connectivity index (χ0n) is 18.7. The van der Waals surface area contributed by atoms with Gasteiger partial charge in [-0.1, -0.05) is 17.4 Å². The number of allylic oxidation sites excluding steroid dienone is 1. The van der Waals surface area contributed by atoms with Crippen LogP contribution in [0.2, 0.25) is 0 Å². The van der Waals surface area contributed by atoms with Gasteiger partial charge in [-0.2, -0.15) is 0 Å². The van der Waals surface area contributed by atoms with Gasteiger partial charge in [0, 0.05) is 12.4 Å². The molecule has 1 aliphatic heterocycles. The average molecular weight is 466 g/mol. The molecule has 1 atom stereocenters. The van der Waals surface area contributed by atoms with E-state index in [1.165, 1.54) is 23.0 Å². The van der Waals surface area contributed by atoms with E-state index in [2.05, 4.69) is 9.98 Å². The standard InChI is InChI=1S/C24H23N3O5S/c1-5-32-23(29)20-14(2)26-24-27(21(20)16-6-7-17(30-3)18(13-16)31-4)22(28)19(33-24)12-15-8-10-25-11-9-15/h6-13,21H,5H2,1-4H3. The Hall–Kier alpha value is -3.72. The molecule has 0 fully saturated rings. The number of carbonyl (C=O) groups is 1. The van der Waals surface area contributed by atoms with Gasteiger partial charge >= 0.3 is 5.97 Å². The summed E-state index contributed by atoms with van der Waals surface area (Å²) in [6.07, 6.45) is 5.12. The van der Waals surface area contributed by atoms with Crippen LogP contribution in [0.25, 0.3) is 6.08 Å². The van der Waals surface area contributed by atoms with E-state index >= 15 is 0 Å². The highest BCUT2D eigenvalue weighted by molar-refractivity contribution is 7.07. The summed E-state index contributed by atoms with van der Waals surface area (Å²) in [5.41, 5.74) is 2.10. The van der Waals surface area contributed by atoms with Crippen molar-refractivity contribution in [3.05, 3.63) is 84.8 Å². The van der Waals surface area contributed by atoms with E-state index in [1.54, 1.807) is 51.6 Å². The molecule has 4 rings (SSSR count). The Morgan fingerprint density at radius 2 is 1.88 bits per heavy atom. The monoisotopic (exact) mass is 465 g/mol. The Kier molecular flexibility index (Phi) is 6.41. The number of ether oxygens (including phenoxy) is 3. The third kappa shape index (κ3) is 4.19. The highest BCUT2D eigenvalue weighted by Crippen LogP contribution is 2.36. The van der Waals surface area contributed by atoms with Gasteiger partial charge in [-0.25, -0.2) is 9.79 Å². The van der Waals surface area contributed by atoms with Crippen LogP contribution in [0.15, 0.2) is 63.8 Å². The first-order chi connectivity index (χ1) is 16.0. The molecule has 3 heterocycles. The summed E-state index contributed by atoms with van der Waals surface area (Å²) in [4.78, 5) is 35.6. The number of benzene rings is 1. The number of fused-ring (bicyclic) bond motifs is 1. The number of pyridine rings is 1. The molecule has 8 nitrogen and oxygen atoms in total. The van der Waals surface area contributed by atoms with Crippen molar-refractivity contribution in [2.75, 3.05) is 20.8 Å². The predicted octanol–water partition coefficient (Wildman–Crippen LogP) is 2.21. The Morgan fingerprint density at radius 3 is 2.55 bits per heavy atom. The Morgan fingerprint density at radius 1 is 1.15 bits per heavy atom. The molecule has 0 saturated carbocycles. The number of carbonyl (C=O) groups excluding carboxylic acids is 1. The van der Waals surface area contributed by atoms with E-state index in [9.17, 15) is 9.59 Å². The second kappa shape index (κ2) is 9.41. The SMILES string of the molecule is CCOC(=O)C1=C(C)N=c2sc(=Cc3ccncc3)c(=O)n2C1c1ccc(OC)c(OC)c1. The minimum atomic E-state index is -0.723. The third-order valence-electron chi connectivity index (χ3n) is 5.24. The molecule has 0 bridgehead atoms. The Balaban J connectivity index is 1.98. The van der Waals surface area contributed by atoms with E-state index in [1.807, 2.05) is 18.2 Å². The number of hydrogen-bond donors (Lipinski definition) is 0. The summed E-state index contributed by atoms with van der Waals surface area (Å²) in [6.45, 7) is 3.70. The van der Waals surface area contributed by atoms with E-state index in [0.717, 1.165) is 5.56 Å². The zero-order valence-corrected chi connectivity index (χ0v) is 19.5. The van der Waals surface area contributed by atoms with Crippen LogP contribution in [0.3, 0.4) is 0 Å². The molecule has 1 aliphatic rings. The van der Waals surface area contributed by atoms with Gasteiger partial charge in [0.1, 0.15) is 0 Å². The molecule has 33 heavy (non-hydrogen) atoms. The first kappa shape index (κ1) is 22.5. The van der Waals surface area contributed by atoms with Crippen molar-refractivity contribution in [2.45, 2.75) is 19.9 Å². The summed E-state index contributed by atoms with van der Waals surface area (Å²) in [5, 5.41) is 0. The van der Waals surface area contributed by atoms with Gasteiger partial charge in [-0.05, 0) is 55.3 Å². The normalized spacial score (nSPS) is 15.6. The van der Waals surface area contributed by atoms with Crippen molar-refractivity contribution in [1.29, 1.82) is 0 Å². The fraction of sp³-hybridized carbons (Fsp3) is 0.250. The smallest absolute Gasteiger partial charge is 0.338 e. The maximum absolute atomic E-state index is 13.5. The van der Waals surface area contributed by atoms with Crippen molar-refractivity contribution < 1.29 is 19.0 Å². The van der Waals surface area contributed by atoms with Crippen LogP contribution in [0.5, 0.6) is 11.5 Å². The zero-order chi connectivity index (χ0) is 23.5. The van der Waals surface area contributed by atoms with Gasteiger partial charge in [0.25, 0.3) is 5.56 Å². The average Bonchev–Trinajstić information content (AvgIpc) is 3.12. The second-order valence-corrected chi connectivity index (χ2v) is 8.21. The van der Waals surface area contributed by atoms with E-state index in [-0.39, 0.29) is 12.2 Å². The largest absolute Gasteiger partial charge is 0.493 e. The van der Waals surface area contributed by atoms with Crippen LogP contribution >= 0.6 is 11.3 Å². The molecule has 1 aromatic carbocycles. The molecule has 0 N–H and O–H groups in total. The molecule has 0 saturated heterocycles. The summed E-state index contributed by atoms with van der Waals surface area (Å²) in [7, 11) is 3.09. The molecule has 3 aromatic rings. The minimum Gasteiger partial charge on any atom is -0.493 e. The highest BCUT2D eigenvalue weighted by Gasteiger charge is 2.33. The van der Waals surface area contributed by atoms with Gasteiger partial charge in [0.15, 0.2) is 16.3 Å². The van der Waals surface area contributed by atoms with Gasteiger partial charge in [-0.15, -0.1) is 0 Å². The third-order valence-corrected chi connectivity index (χ3v) is 6.23. The number of methoxy groups -OCH3 is 2. The number of rotatable bonds is 6. The highest BCUT2D eigenvalue weighted by atomic mass is 32.1. The van der Waals surface area contributed by atoms with Gasteiger partial charge in [0.2, 0.25) is 0 Å². The van der Waals surface area contributed by atoms with E-state index < -0.39 is 12.0 Å². The fourth-order valence-corrected chi connectivity index (χ4v) is 4.79. The molecule has 0 aliphatic carbocycles. The summed E-state index contributed by atoms with van der Waals surface area (Å²) < 4.78 is 18.2. The number of esters is 1. The predicted molar refractivity (Wildman–Crippen MR) is 124 cm³/mol. The maximum Gasteiger partial charge on any atom is 0.338 e. The number of thiazole rings is 1. The topological polar surface area (TPSA) is 92.0 Å². The summed E-state index contributed by atoms with van der Waals surface area (Å²) >= 11 is 1.27. The molecule has 0 amide bonds. The number of nitrogens with zero attached hydrogens (tertiary/aromatic N) is 3. The van der Waals surface area contributed by atoms with Gasteiger partial charge in [-0.3, -0.25) is 14.3 Å². The van der Waals surface area contributed by atoms with E-state index in [0.29, 0.717) is 37.7 Å². The van der Waals surface area contributed by atoms with Crippen LogP contribution in [0, 0.1) is 0 Å². The van der Waals surface area contributed by atoms with E-state index in [4.69, 9.17) is 14.2 Å². The van der Waals surface area contributed by atoms with Crippen molar-refractivity contribution >= 4 is 23.4 Å². The fourth-order valence-electron chi connectivity index (χ4n) is 3.74. The maximum atomic E-state index is 13.5. The Bertz CT molecular complexity index is 1410. The molecule has 9 heteroatoms. The quantitative estimate of drug-likeness (QED) is 0.519. The lowest BCUT2D eigenvalue weighted by Gasteiger charge is -2.25. The molecule has 1 unspecified atom stereocenters. The summed E-state index contributed by atoms with van der Waals surface area (Å²) in [5.74, 6) is 0.526. The first-order valence-corrected chi connectivity index (χ1v) is 11.1. The molecule has 2 aromatic heterocycles. The molecule has 0 spiro atoms. The van der Waals surface area contributed by atoms with Crippen molar-refractivity contribution in [3.63, 3.8) is 0 Å². The molecular formula is C24H23N3O5S. The summed E-state index contributed by atoms with van der Waals surface area (Å²) in [6, 6.07) is 8.24. The van der Waals surface area contributed by atoms with Crippen LogP contribution in [-0.2, 0) is 9.53 Å². The first-order valence-electron chi connectivity index (χ1n) is 10.3. The molecular weight excluding hydrogens is 442 g/mol. The number of aromatic nitrogens is 2. The van der Waals surface area contributed by atoms with Crippen molar-refractivity contribution in [2.24, 2.45) is 4.99 Å².